The van der Waals surface area contributed by atoms with Gasteiger partial charge >= 0.3 is 0 Å². The highest BCUT2D eigenvalue weighted by atomic mass is 16.5. The number of benzene rings is 2. The van der Waals surface area contributed by atoms with Crippen molar-refractivity contribution in [2.24, 2.45) is 0 Å². The molecular weight excluding hydrogens is 340 g/mol. The number of hydrogen-bond acceptors (Lipinski definition) is 6. The summed E-state index contributed by atoms with van der Waals surface area (Å²) in [7, 11) is 5.66. The zero-order valence-electron chi connectivity index (χ0n) is 15.6. The van der Waals surface area contributed by atoms with Gasteiger partial charge in [-0.2, -0.15) is 10.2 Å². The van der Waals surface area contributed by atoms with Gasteiger partial charge in [-0.1, -0.05) is 30.3 Å². The molecule has 1 N–H and O–H groups in total. The Morgan fingerprint density at radius 3 is 2.44 bits per heavy atom. The van der Waals surface area contributed by atoms with Crippen molar-refractivity contribution >= 4 is 5.88 Å². The minimum atomic E-state index is 0.132. The molecule has 0 saturated heterocycles. The fourth-order valence-corrected chi connectivity index (χ4v) is 2.84. The van der Waals surface area contributed by atoms with Gasteiger partial charge in [0.25, 0.3) is 0 Å². The molecule has 0 aliphatic carbocycles. The number of anilines is 1. The van der Waals surface area contributed by atoms with Crippen LogP contribution in [0.5, 0.6) is 5.75 Å². The lowest BCUT2D eigenvalue weighted by Gasteiger charge is -2.24. The lowest BCUT2D eigenvalue weighted by molar-refractivity contribution is 0.310. The molecule has 6 heteroatoms. The van der Waals surface area contributed by atoms with Crippen LogP contribution in [0.4, 0.5) is 5.88 Å². The van der Waals surface area contributed by atoms with Crippen LogP contribution < -0.4 is 10.1 Å². The van der Waals surface area contributed by atoms with Crippen LogP contribution in [0.25, 0.3) is 11.5 Å². The van der Waals surface area contributed by atoms with E-state index in [-0.39, 0.29) is 11.7 Å². The summed E-state index contributed by atoms with van der Waals surface area (Å²) < 4.78 is 11.0. The Bertz CT molecular complexity index is 912. The predicted octanol–water partition coefficient (Wildman–Crippen LogP) is 3.94. The highest BCUT2D eigenvalue weighted by Gasteiger charge is 2.18. The number of ether oxygens (including phenoxy) is 1. The fraction of sp³-hybridized carbons (Fsp3) is 0.238. The number of aromatic nitrogens is 1. The van der Waals surface area contributed by atoms with E-state index in [1.807, 2.05) is 56.6 Å². The monoisotopic (exact) mass is 362 g/mol. The lowest BCUT2D eigenvalue weighted by atomic mass is 10.1. The van der Waals surface area contributed by atoms with Crippen molar-refractivity contribution in [1.29, 1.82) is 5.26 Å². The van der Waals surface area contributed by atoms with Crippen LogP contribution in [-0.2, 0) is 0 Å². The third kappa shape index (κ3) is 4.27. The summed E-state index contributed by atoms with van der Waals surface area (Å²) in [5.74, 6) is 1.53. The quantitative estimate of drug-likeness (QED) is 0.686. The molecule has 0 amide bonds. The molecule has 1 unspecified atom stereocenters. The topological polar surface area (TPSA) is 74.3 Å². The third-order valence-corrected chi connectivity index (χ3v) is 4.33. The molecule has 1 heterocycles. The van der Waals surface area contributed by atoms with Crippen molar-refractivity contribution in [3.63, 3.8) is 0 Å². The van der Waals surface area contributed by atoms with Crippen molar-refractivity contribution < 1.29 is 9.15 Å². The van der Waals surface area contributed by atoms with E-state index in [4.69, 9.17) is 9.15 Å². The molecule has 6 nitrogen and oxygen atoms in total. The summed E-state index contributed by atoms with van der Waals surface area (Å²) >= 11 is 0. The molecule has 0 aliphatic rings. The molecule has 2 aromatic carbocycles. The normalized spacial score (nSPS) is 11.8. The molecular formula is C21H22N4O2. The van der Waals surface area contributed by atoms with E-state index in [0.29, 0.717) is 18.3 Å². The summed E-state index contributed by atoms with van der Waals surface area (Å²) in [5, 5.41) is 12.6. The Morgan fingerprint density at radius 2 is 1.85 bits per heavy atom. The van der Waals surface area contributed by atoms with E-state index in [1.165, 1.54) is 5.56 Å². The van der Waals surface area contributed by atoms with Crippen LogP contribution in [0.3, 0.4) is 0 Å². The average Bonchev–Trinajstić information content (AvgIpc) is 3.12. The van der Waals surface area contributed by atoms with Gasteiger partial charge in [-0.3, -0.25) is 0 Å². The van der Waals surface area contributed by atoms with Crippen LogP contribution >= 0.6 is 0 Å². The third-order valence-electron chi connectivity index (χ3n) is 4.33. The molecule has 0 saturated carbocycles. The first kappa shape index (κ1) is 18.5. The van der Waals surface area contributed by atoms with Crippen LogP contribution in [0, 0.1) is 11.3 Å². The number of oxazole rings is 1. The number of methoxy groups -OCH3 is 1. The van der Waals surface area contributed by atoms with E-state index >= 15 is 0 Å². The predicted molar refractivity (Wildman–Crippen MR) is 105 cm³/mol. The second-order valence-electron chi connectivity index (χ2n) is 6.31. The molecule has 0 spiro atoms. The first-order valence-electron chi connectivity index (χ1n) is 8.63. The molecule has 0 fully saturated rings. The fourth-order valence-electron chi connectivity index (χ4n) is 2.84. The van der Waals surface area contributed by atoms with E-state index in [1.54, 1.807) is 7.11 Å². The van der Waals surface area contributed by atoms with Gasteiger partial charge in [0.15, 0.2) is 0 Å². The van der Waals surface area contributed by atoms with E-state index in [2.05, 4.69) is 33.4 Å². The highest BCUT2D eigenvalue weighted by molar-refractivity contribution is 5.59. The zero-order chi connectivity index (χ0) is 19.2. The van der Waals surface area contributed by atoms with E-state index in [0.717, 1.165) is 11.3 Å². The van der Waals surface area contributed by atoms with E-state index < -0.39 is 0 Å². The largest absolute Gasteiger partial charge is 0.497 e. The molecule has 1 aromatic heterocycles. The summed E-state index contributed by atoms with van der Waals surface area (Å²) in [6, 6.07) is 19.8. The second-order valence-corrected chi connectivity index (χ2v) is 6.31. The maximum atomic E-state index is 9.41. The number of likely N-dealkylation sites (N-methyl/N-ethyl adjacent to an activating group) is 1. The summed E-state index contributed by atoms with van der Waals surface area (Å²) in [6.45, 7) is 0.586. The Morgan fingerprint density at radius 1 is 1.15 bits per heavy atom. The molecule has 0 aliphatic heterocycles. The first-order valence-corrected chi connectivity index (χ1v) is 8.63. The first-order chi connectivity index (χ1) is 13.1. The number of rotatable bonds is 7. The van der Waals surface area contributed by atoms with E-state index in [9.17, 15) is 5.26 Å². The Kier molecular flexibility index (Phi) is 5.74. The Hall–Kier alpha value is -3.30. The van der Waals surface area contributed by atoms with Gasteiger partial charge < -0.3 is 19.4 Å². The SMILES string of the molecule is COc1ccc(-c2nc(C#N)c(NCC(c3ccccc3)N(C)C)o2)cc1. The van der Waals surface area contributed by atoms with Crippen molar-refractivity contribution in [2.75, 3.05) is 33.1 Å². The Balaban J connectivity index is 1.80. The molecule has 3 rings (SSSR count). The van der Waals surface area contributed by atoms with Crippen LogP contribution in [-0.4, -0.2) is 37.6 Å². The van der Waals surface area contributed by atoms with Crippen LogP contribution in [0.15, 0.2) is 59.0 Å². The van der Waals surface area contributed by atoms with Gasteiger partial charge in [-0.05, 0) is 43.9 Å². The molecule has 0 radical (unpaired) electrons. The van der Waals surface area contributed by atoms with Gasteiger partial charge in [-0.15, -0.1) is 0 Å². The maximum absolute atomic E-state index is 9.41. The van der Waals surface area contributed by atoms with Crippen molar-refractivity contribution in [2.45, 2.75) is 6.04 Å². The van der Waals surface area contributed by atoms with Gasteiger partial charge in [-0.25, -0.2) is 0 Å². The Labute approximate surface area is 159 Å². The number of nitrogens with one attached hydrogen (secondary N) is 1. The molecule has 1 atom stereocenters. The number of hydrogen-bond donors (Lipinski definition) is 1. The summed E-state index contributed by atoms with van der Waals surface area (Å²) in [5.41, 5.74) is 2.21. The summed E-state index contributed by atoms with van der Waals surface area (Å²) in [4.78, 5) is 6.43. The van der Waals surface area contributed by atoms with Crippen molar-refractivity contribution in [1.82, 2.24) is 9.88 Å². The molecule has 3 aromatic rings. The lowest BCUT2D eigenvalue weighted by Crippen LogP contribution is -2.26. The minimum Gasteiger partial charge on any atom is -0.497 e. The molecule has 27 heavy (non-hydrogen) atoms. The maximum Gasteiger partial charge on any atom is 0.232 e. The standard InChI is InChI=1S/C21H22N4O2/c1-25(2)19(15-7-5-4-6-8-15)14-23-21-18(13-22)24-20(27-21)16-9-11-17(26-3)12-10-16/h4-12,19,23H,14H2,1-3H3. The number of nitrogens with zero attached hydrogens (tertiary/aromatic N) is 3. The van der Waals surface area contributed by atoms with Crippen LogP contribution in [0.1, 0.15) is 17.3 Å². The number of nitriles is 1. The van der Waals surface area contributed by atoms with Crippen molar-refractivity contribution in [3.05, 3.63) is 65.9 Å². The smallest absolute Gasteiger partial charge is 0.232 e. The average molecular weight is 362 g/mol. The summed E-state index contributed by atoms with van der Waals surface area (Å²) in [6.07, 6.45) is 0. The van der Waals surface area contributed by atoms with Gasteiger partial charge in [0.2, 0.25) is 17.5 Å². The zero-order valence-corrected chi connectivity index (χ0v) is 15.6. The van der Waals surface area contributed by atoms with Crippen molar-refractivity contribution in [3.8, 4) is 23.3 Å². The second kappa shape index (κ2) is 8.39. The highest BCUT2D eigenvalue weighted by Crippen LogP contribution is 2.28. The molecule has 138 valence electrons. The van der Waals surface area contributed by atoms with Gasteiger partial charge in [0.05, 0.1) is 13.2 Å². The van der Waals surface area contributed by atoms with Crippen LogP contribution in [0.2, 0.25) is 0 Å². The molecule has 0 bridgehead atoms. The van der Waals surface area contributed by atoms with Gasteiger partial charge in [0.1, 0.15) is 11.8 Å². The van der Waals surface area contributed by atoms with Gasteiger partial charge in [0, 0.05) is 12.1 Å². The minimum absolute atomic E-state index is 0.132.